The third kappa shape index (κ3) is 5.07. The number of carbonyl (C=O) groups excluding carboxylic acids is 2. The average molecular weight is 394 g/mol. The number of nitrogens with zero attached hydrogens (tertiary/aromatic N) is 1. The van der Waals surface area contributed by atoms with Gasteiger partial charge in [0.25, 0.3) is 5.91 Å². The maximum Gasteiger partial charge on any atom is 0.251 e. The van der Waals surface area contributed by atoms with Crippen LogP contribution in [0.4, 0.5) is 0 Å². The highest BCUT2D eigenvalue weighted by Gasteiger charge is 2.29. The van der Waals surface area contributed by atoms with Gasteiger partial charge in [0.05, 0.1) is 4.90 Å². The first-order chi connectivity index (χ1) is 12.8. The molecule has 1 heterocycles. The molecule has 7 nitrogen and oxygen atoms in total. The Kier molecular flexibility index (Phi) is 5.86. The maximum atomic E-state index is 12.5. The molecule has 2 fully saturated rings. The molecule has 0 aromatic heterocycles. The van der Waals surface area contributed by atoms with Gasteiger partial charge in [0.2, 0.25) is 15.9 Å². The zero-order valence-corrected chi connectivity index (χ0v) is 16.6. The van der Waals surface area contributed by atoms with E-state index in [1.165, 1.54) is 12.1 Å². The lowest BCUT2D eigenvalue weighted by molar-refractivity contribution is -0.135. The summed E-state index contributed by atoms with van der Waals surface area (Å²) in [5.41, 5.74) is 0.328. The Morgan fingerprint density at radius 2 is 1.74 bits per heavy atom. The van der Waals surface area contributed by atoms with Crippen LogP contribution >= 0.6 is 0 Å². The molecular weight excluding hydrogens is 366 g/mol. The number of benzene rings is 1. The SMILES string of the molecule is CC(C)C(=O)N1CCC(NC(=O)c2cccc(S(=O)(=O)NC3CC3)c2)CC1. The van der Waals surface area contributed by atoms with Crippen LogP contribution < -0.4 is 10.0 Å². The third-order valence-corrected chi connectivity index (χ3v) is 6.46. The molecule has 0 spiro atoms. The number of hydrogen-bond acceptors (Lipinski definition) is 4. The van der Waals surface area contributed by atoms with Gasteiger partial charge >= 0.3 is 0 Å². The molecule has 27 heavy (non-hydrogen) atoms. The highest BCUT2D eigenvalue weighted by molar-refractivity contribution is 7.89. The molecule has 148 valence electrons. The van der Waals surface area contributed by atoms with Crippen LogP contribution in [0.15, 0.2) is 29.2 Å². The van der Waals surface area contributed by atoms with Crippen molar-refractivity contribution in [3.8, 4) is 0 Å². The molecule has 2 N–H and O–H groups in total. The minimum absolute atomic E-state index is 0.0152. The van der Waals surface area contributed by atoms with E-state index >= 15 is 0 Å². The predicted octanol–water partition coefficient (Wildman–Crippen LogP) is 1.50. The van der Waals surface area contributed by atoms with Gasteiger partial charge in [0.1, 0.15) is 0 Å². The molecule has 3 rings (SSSR count). The topological polar surface area (TPSA) is 95.6 Å². The molecule has 1 aliphatic heterocycles. The first-order valence-electron chi connectivity index (χ1n) is 9.48. The van der Waals surface area contributed by atoms with Gasteiger partial charge in [-0.1, -0.05) is 19.9 Å². The van der Waals surface area contributed by atoms with Crippen molar-refractivity contribution < 1.29 is 18.0 Å². The van der Waals surface area contributed by atoms with Gasteiger partial charge in [-0.3, -0.25) is 9.59 Å². The highest BCUT2D eigenvalue weighted by atomic mass is 32.2. The van der Waals surface area contributed by atoms with Gasteiger partial charge in [-0.2, -0.15) is 0 Å². The van der Waals surface area contributed by atoms with Crippen molar-refractivity contribution in [1.82, 2.24) is 14.9 Å². The summed E-state index contributed by atoms with van der Waals surface area (Å²) in [6, 6.07) is 6.11. The summed E-state index contributed by atoms with van der Waals surface area (Å²) in [6.45, 7) is 5.02. The number of carbonyl (C=O) groups is 2. The van der Waals surface area contributed by atoms with Crippen molar-refractivity contribution in [2.75, 3.05) is 13.1 Å². The van der Waals surface area contributed by atoms with Crippen molar-refractivity contribution >= 4 is 21.8 Å². The van der Waals surface area contributed by atoms with Gasteiger partial charge in [0.15, 0.2) is 0 Å². The molecule has 2 aliphatic rings. The van der Waals surface area contributed by atoms with E-state index in [-0.39, 0.29) is 34.7 Å². The van der Waals surface area contributed by atoms with Crippen LogP contribution in [0, 0.1) is 5.92 Å². The molecule has 1 saturated carbocycles. The largest absolute Gasteiger partial charge is 0.349 e. The van der Waals surface area contributed by atoms with Crippen LogP contribution in [0.5, 0.6) is 0 Å². The van der Waals surface area contributed by atoms with Crippen LogP contribution in [0.1, 0.15) is 49.9 Å². The van der Waals surface area contributed by atoms with E-state index in [0.717, 1.165) is 12.8 Å². The van der Waals surface area contributed by atoms with Crippen molar-refractivity contribution in [3.05, 3.63) is 29.8 Å². The molecule has 1 aliphatic carbocycles. The summed E-state index contributed by atoms with van der Waals surface area (Å²) in [7, 11) is -3.59. The average Bonchev–Trinajstić information content (AvgIpc) is 3.45. The summed E-state index contributed by atoms with van der Waals surface area (Å²) in [4.78, 5) is 26.5. The molecule has 0 unspecified atom stereocenters. The van der Waals surface area contributed by atoms with Gasteiger partial charge in [-0.05, 0) is 43.9 Å². The van der Waals surface area contributed by atoms with E-state index in [4.69, 9.17) is 0 Å². The summed E-state index contributed by atoms with van der Waals surface area (Å²) in [6.07, 6.45) is 3.12. The second kappa shape index (κ2) is 7.98. The van der Waals surface area contributed by atoms with E-state index < -0.39 is 10.0 Å². The summed E-state index contributed by atoms with van der Waals surface area (Å²) < 4.78 is 27.3. The first-order valence-corrected chi connectivity index (χ1v) is 11.0. The Labute approximate surface area is 160 Å². The molecule has 1 aromatic rings. The van der Waals surface area contributed by atoms with Gasteiger partial charge in [0, 0.05) is 36.7 Å². The van der Waals surface area contributed by atoms with Crippen LogP contribution in [-0.4, -0.2) is 50.3 Å². The molecule has 0 bridgehead atoms. The van der Waals surface area contributed by atoms with Crippen LogP contribution in [-0.2, 0) is 14.8 Å². The first kappa shape index (κ1) is 19.8. The fourth-order valence-corrected chi connectivity index (χ4v) is 4.52. The minimum atomic E-state index is -3.59. The summed E-state index contributed by atoms with van der Waals surface area (Å²) in [5, 5.41) is 2.96. The Morgan fingerprint density at radius 3 is 2.33 bits per heavy atom. The number of rotatable bonds is 6. The van der Waals surface area contributed by atoms with Crippen molar-refractivity contribution in [2.24, 2.45) is 5.92 Å². The lowest BCUT2D eigenvalue weighted by atomic mass is 10.0. The van der Waals surface area contributed by atoms with E-state index in [9.17, 15) is 18.0 Å². The maximum absolute atomic E-state index is 12.5. The fraction of sp³-hybridized carbons (Fsp3) is 0.579. The normalized spacial score (nSPS) is 18.6. The molecule has 1 aromatic carbocycles. The van der Waals surface area contributed by atoms with Crippen LogP contribution in [0.2, 0.25) is 0 Å². The van der Waals surface area contributed by atoms with Crippen LogP contribution in [0.25, 0.3) is 0 Å². The molecule has 1 saturated heterocycles. The van der Waals surface area contributed by atoms with E-state index in [2.05, 4.69) is 10.0 Å². The van der Waals surface area contributed by atoms with Gasteiger partial charge in [-0.15, -0.1) is 0 Å². The van der Waals surface area contributed by atoms with E-state index in [1.807, 2.05) is 18.7 Å². The Balaban J connectivity index is 1.59. The Hall–Kier alpha value is -1.93. The van der Waals surface area contributed by atoms with Gasteiger partial charge in [-0.25, -0.2) is 13.1 Å². The zero-order valence-electron chi connectivity index (χ0n) is 15.8. The number of sulfonamides is 1. The van der Waals surface area contributed by atoms with E-state index in [0.29, 0.717) is 31.5 Å². The monoisotopic (exact) mass is 393 g/mol. The standard InChI is InChI=1S/C19H27N3O4S/c1-13(2)19(24)22-10-8-15(9-11-22)20-18(23)14-4-3-5-17(12-14)27(25,26)21-16-6-7-16/h3-5,12-13,15-16,21H,6-11H2,1-2H3,(H,20,23). The molecule has 0 radical (unpaired) electrons. The smallest absolute Gasteiger partial charge is 0.251 e. The molecular formula is C19H27N3O4S. The quantitative estimate of drug-likeness (QED) is 0.766. The predicted molar refractivity (Wildman–Crippen MR) is 102 cm³/mol. The van der Waals surface area contributed by atoms with E-state index in [1.54, 1.807) is 12.1 Å². The number of piperidine rings is 1. The highest BCUT2D eigenvalue weighted by Crippen LogP contribution is 2.22. The minimum Gasteiger partial charge on any atom is -0.349 e. The van der Waals surface area contributed by atoms with Crippen molar-refractivity contribution in [3.63, 3.8) is 0 Å². The zero-order chi connectivity index (χ0) is 19.6. The Bertz CT molecular complexity index is 810. The third-order valence-electron chi connectivity index (χ3n) is 4.94. The summed E-state index contributed by atoms with van der Waals surface area (Å²) >= 11 is 0. The second-order valence-electron chi connectivity index (χ2n) is 7.65. The lowest BCUT2D eigenvalue weighted by Crippen LogP contribution is -2.47. The molecule has 0 atom stereocenters. The lowest BCUT2D eigenvalue weighted by Gasteiger charge is -2.33. The fourth-order valence-electron chi connectivity index (χ4n) is 3.17. The molecule has 8 heteroatoms. The van der Waals surface area contributed by atoms with Crippen LogP contribution in [0.3, 0.4) is 0 Å². The number of likely N-dealkylation sites (tertiary alicyclic amines) is 1. The number of amides is 2. The second-order valence-corrected chi connectivity index (χ2v) is 9.37. The van der Waals surface area contributed by atoms with Gasteiger partial charge < -0.3 is 10.2 Å². The molecule has 2 amide bonds. The number of hydrogen-bond donors (Lipinski definition) is 2. The van der Waals surface area contributed by atoms with Crippen molar-refractivity contribution in [1.29, 1.82) is 0 Å². The summed E-state index contributed by atoms with van der Waals surface area (Å²) in [5.74, 6) is -0.168. The number of nitrogens with one attached hydrogen (secondary N) is 2. The van der Waals surface area contributed by atoms with Crippen molar-refractivity contribution in [2.45, 2.75) is 56.5 Å². The Morgan fingerprint density at radius 1 is 1.07 bits per heavy atom.